The average Bonchev–Trinajstić information content (AvgIpc) is 2.18. The van der Waals surface area contributed by atoms with Crippen LogP contribution in [0.3, 0.4) is 0 Å². The minimum Gasteiger partial charge on any atom is -0.480 e. The molecule has 0 radical (unpaired) electrons. The third kappa shape index (κ3) is 2.28. The van der Waals surface area contributed by atoms with Crippen LogP contribution in [-0.4, -0.2) is 15.8 Å². The Morgan fingerprint density at radius 2 is 2.00 bits per heavy atom. The largest absolute Gasteiger partial charge is 0.480 e. The number of thioether (sulfide) groups is 1. The standard InChI is InChI=1S/C12H13BrO2S/c1-8-6-12(7-8,11(14)15)16-10-4-2-9(13)3-5-10/h2-5,8H,6-7H2,1H3,(H,14,15). The van der Waals surface area contributed by atoms with Crippen LogP contribution >= 0.6 is 27.7 Å². The van der Waals surface area contributed by atoms with Gasteiger partial charge in [0.1, 0.15) is 4.75 Å². The van der Waals surface area contributed by atoms with Gasteiger partial charge in [0.25, 0.3) is 0 Å². The fraction of sp³-hybridized carbons (Fsp3) is 0.417. The summed E-state index contributed by atoms with van der Waals surface area (Å²) in [5.41, 5.74) is 0. The van der Waals surface area contributed by atoms with Crippen LogP contribution in [0.15, 0.2) is 33.6 Å². The van der Waals surface area contributed by atoms with Gasteiger partial charge >= 0.3 is 5.97 Å². The van der Waals surface area contributed by atoms with E-state index >= 15 is 0 Å². The molecule has 0 spiro atoms. The lowest BCUT2D eigenvalue weighted by Crippen LogP contribution is -2.46. The van der Waals surface area contributed by atoms with Crippen LogP contribution in [-0.2, 0) is 4.79 Å². The molecule has 0 heterocycles. The molecule has 1 aliphatic carbocycles. The van der Waals surface area contributed by atoms with E-state index in [-0.39, 0.29) is 0 Å². The second-order valence-corrected chi connectivity index (χ2v) is 6.74. The molecular formula is C12H13BrO2S. The Morgan fingerprint density at radius 3 is 2.44 bits per heavy atom. The van der Waals surface area contributed by atoms with Crippen molar-refractivity contribution in [3.63, 3.8) is 0 Å². The summed E-state index contributed by atoms with van der Waals surface area (Å²) in [7, 11) is 0. The van der Waals surface area contributed by atoms with Crippen molar-refractivity contribution in [1.82, 2.24) is 0 Å². The van der Waals surface area contributed by atoms with Crippen molar-refractivity contribution in [3.05, 3.63) is 28.7 Å². The lowest BCUT2D eigenvalue weighted by molar-refractivity contribution is -0.143. The maximum absolute atomic E-state index is 11.3. The molecule has 0 saturated heterocycles. The fourth-order valence-electron chi connectivity index (χ4n) is 2.10. The van der Waals surface area contributed by atoms with Crippen molar-refractivity contribution in [2.75, 3.05) is 0 Å². The second-order valence-electron chi connectivity index (χ2n) is 4.37. The van der Waals surface area contributed by atoms with E-state index in [2.05, 4.69) is 22.9 Å². The Labute approximate surface area is 108 Å². The first-order chi connectivity index (χ1) is 7.52. The predicted molar refractivity (Wildman–Crippen MR) is 68.8 cm³/mol. The smallest absolute Gasteiger partial charge is 0.320 e. The van der Waals surface area contributed by atoms with E-state index in [1.165, 1.54) is 11.8 Å². The summed E-state index contributed by atoms with van der Waals surface area (Å²) in [6, 6.07) is 7.81. The Bertz CT molecular complexity index is 396. The van der Waals surface area contributed by atoms with E-state index < -0.39 is 10.7 Å². The molecule has 1 fully saturated rings. The normalized spacial score (nSPS) is 28.5. The highest BCUT2D eigenvalue weighted by molar-refractivity contribution is 9.10. The molecule has 4 heteroatoms. The van der Waals surface area contributed by atoms with Gasteiger partial charge in [-0.1, -0.05) is 22.9 Å². The van der Waals surface area contributed by atoms with Gasteiger partial charge in [-0.2, -0.15) is 0 Å². The minimum absolute atomic E-state index is 0.527. The number of carboxylic acids is 1. The van der Waals surface area contributed by atoms with Gasteiger partial charge in [-0.05, 0) is 43.0 Å². The van der Waals surface area contributed by atoms with Crippen LogP contribution in [0.1, 0.15) is 19.8 Å². The van der Waals surface area contributed by atoms with Crippen LogP contribution in [0.4, 0.5) is 0 Å². The summed E-state index contributed by atoms with van der Waals surface area (Å²) in [5, 5.41) is 9.29. The molecule has 86 valence electrons. The maximum Gasteiger partial charge on any atom is 0.320 e. The van der Waals surface area contributed by atoms with Gasteiger partial charge in [-0.25, -0.2) is 0 Å². The number of aliphatic carboxylic acids is 1. The molecule has 0 atom stereocenters. The van der Waals surface area contributed by atoms with Crippen LogP contribution in [0.25, 0.3) is 0 Å². The molecule has 1 aliphatic rings. The van der Waals surface area contributed by atoms with Gasteiger partial charge in [0.15, 0.2) is 0 Å². The highest BCUT2D eigenvalue weighted by Gasteiger charge is 2.49. The maximum atomic E-state index is 11.3. The number of hydrogen-bond donors (Lipinski definition) is 1. The zero-order chi connectivity index (χ0) is 11.8. The third-order valence-corrected chi connectivity index (χ3v) is 4.81. The molecule has 0 unspecified atom stereocenters. The summed E-state index contributed by atoms with van der Waals surface area (Å²) in [6.07, 6.45) is 1.53. The fourth-order valence-corrected chi connectivity index (χ4v) is 3.91. The minimum atomic E-state index is -0.682. The van der Waals surface area contributed by atoms with Crippen molar-refractivity contribution >= 4 is 33.7 Å². The van der Waals surface area contributed by atoms with Gasteiger partial charge in [0.05, 0.1) is 0 Å². The molecule has 1 aromatic rings. The van der Waals surface area contributed by atoms with Gasteiger partial charge in [0.2, 0.25) is 0 Å². The number of halogens is 1. The highest BCUT2D eigenvalue weighted by atomic mass is 79.9. The number of benzene rings is 1. The summed E-state index contributed by atoms with van der Waals surface area (Å²) < 4.78 is 0.427. The number of carboxylic acid groups (broad SMARTS) is 1. The molecule has 2 nitrogen and oxygen atoms in total. The van der Waals surface area contributed by atoms with Gasteiger partial charge in [-0.15, -0.1) is 11.8 Å². The van der Waals surface area contributed by atoms with Gasteiger partial charge < -0.3 is 5.11 Å². The molecule has 1 aromatic carbocycles. The second kappa shape index (κ2) is 4.41. The summed E-state index contributed by atoms with van der Waals surface area (Å²) in [4.78, 5) is 12.3. The predicted octanol–water partition coefficient (Wildman–Crippen LogP) is 3.79. The van der Waals surface area contributed by atoms with E-state index in [1.807, 2.05) is 24.3 Å². The molecule has 1 saturated carbocycles. The van der Waals surface area contributed by atoms with Crippen molar-refractivity contribution < 1.29 is 9.90 Å². The van der Waals surface area contributed by atoms with Crippen molar-refractivity contribution in [3.8, 4) is 0 Å². The van der Waals surface area contributed by atoms with E-state index in [4.69, 9.17) is 0 Å². The Kier molecular flexibility index (Phi) is 3.31. The lowest BCUT2D eigenvalue weighted by atomic mass is 9.75. The first kappa shape index (κ1) is 12.0. The first-order valence-electron chi connectivity index (χ1n) is 5.20. The van der Waals surface area contributed by atoms with Crippen LogP contribution < -0.4 is 0 Å². The molecule has 0 amide bonds. The van der Waals surface area contributed by atoms with Crippen molar-refractivity contribution in [2.24, 2.45) is 5.92 Å². The third-order valence-electron chi connectivity index (χ3n) is 2.87. The molecule has 0 aliphatic heterocycles. The van der Waals surface area contributed by atoms with Crippen molar-refractivity contribution in [1.29, 1.82) is 0 Å². The van der Waals surface area contributed by atoms with E-state index in [0.717, 1.165) is 22.2 Å². The zero-order valence-electron chi connectivity index (χ0n) is 8.94. The molecule has 16 heavy (non-hydrogen) atoms. The van der Waals surface area contributed by atoms with Gasteiger partial charge in [-0.3, -0.25) is 4.79 Å². The zero-order valence-corrected chi connectivity index (χ0v) is 11.3. The van der Waals surface area contributed by atoms with Crippen LogP contribution in [0.5, 0.6) is 0 Å². The summed E-state index contributed by atoms with van der Waals surface area (Å²) in [6.45, 7) is 2.10. The Balaban J connectivity index is 2.13. The molecular weight excluding hydrogens is 288 g/mol. The SMILES string of the molecule is CC1CC(Sc2ccc(Br)cc2)(C(=O)O)C1. The molecule has 0 aromatic heterocycles. The van der Waals surface area contributed by atoms with Crippen molar-refractivity contribution in [2.45, 2.75) is 29.4 Å². The quantitative estimate of drug-likeness (QED) is 0.923. The molecule has 0 bridgehead atoms. The first-order valence-corrected chi connectivity index (χ1v) is 6.81. The number of rotatable bonds is 3. The van der Waals surface area contributed by atoms with E-state index in [1.54, 1.807) is 0 Å². The van der Waals surface area contributed by atoms with Crippen LogP contribution in [0.2, 0.25) is 0 Å². The monoisotopic (exact) mass is 300 g/mol. The van der Waals surface area contributed by atoms with E-state index in [0.29, 0.717) is 5.92 Å². The Hall–Kier alpha value is -0.480. The average molecular weight is 301 g/mol. The van der Waals surface area contributed by atoms with Gasteiger partial charge in [0, 0.05) is 9.37 Å². The van der Waals surface area contributed by atoms with Crippen LogP contribution in [0, 0.1) is 5.92 Å². The van der Waals surface area contributed by atoms with E-state index in [9.17, 15) is 9.90 Å². The summed E-state index contributed by atoms with van der Waals surface area (Å²) >= 11 is 4.85. The summed E-state index contributed by atoms with van der Waals surface area (Å²) in [5.74, 6) is -0.155. The topological polar surface area (TPSA) is 37.3 Å². The Morgan fingerprint density at radius 1 is 1.44 bits per heavy atom. The number of carbonyl (C=O) groups is 1. The lowest BCUT2D eigenvalue weighted by Gasteiger charge is -2.42. The molecule has 1 N–H and O–H groups in total. The molecule has 2 rings (SSSR count). The number of hydrogen-bond acceptors (Lipinski definition) is 2. The highest BCUT2D eigenvalue weighted by Crippen LogP contribution is 2.50.